The number of aliphatic hydroxyl groups is 2. The Morgan fingerprint density at radius 1 is 1.14 bits per heavy atom. The minimum absolute atomic E-state index is 0.00206. The minimum Gasteiger partial charge on any atom is -0.386 e. The Hall–Kier alpha value is -2.86. The predicted octanol–water partition coefficient (Wildman–Crippen LogP) is 4.29. The molecule has 1 aromatic heterocycles. The minimum atomic E-state index is -4.03. The van der Waals surface area contributed by atoms with Crippen molar-refractivity contribution in [2.75, 3.05) is 5.32 Å². The normalized spacial score (nSPS) is 26.1. The molecule has 3 aromatic rings. The molecule has 2 aliphatic carbocycles. The summed E-state index contributed by atoms with van der Waals surface area (Å²) in [5.74, 6) is -3.92. The van der Waals surface area contributed by atoms with Crippen LogP contribution in [-0.4, -0.2) is 40.5 Å². The van der Waals surface area contributed by atoms with Gasteiger partial charge in [-0.1, -0.05) is 16.8 Å². The summed E-state index contributed by atoms with van der Waals surface area (Å²) in [6, 6.07) is 6.63. The first-order valence-electron chi connectivity index (χ1n) is 11.6. The summed E-state index contributed by atoms with van der Waals surface area (Å²) in [6.07, 6.45) is 2.58. The van der Waals surface area contributed by atoms with Crippen LogP contribution in [0.1, 0.15) is 47.7 Å². The van der Waals surface area contributed by atoms with E-state index in [4.69, 9.17) is 16.1 Å². The highest BCUT2D eigenvalue weighted by Gasteiger charge is 2.59. The van der Waals surface area contributed by atoms with E-state index in [2.05, 4.69) is 10.5 Å². The molecule has 2 bridgehead atoms. The third-order valence-electron chi connectivity index (χ3n) is 7.59. The molecular weight excluding hydrogens is 530 g/mol. The molecule has 2 aliphatic rings. The molecule has 5 rings (SSSR count). The van der Waals surface area contributed by atoms with Crippen LogP contribution in [0.2, 0.25) is 5.02 Å². The molecule has 12 heteroatoms. The number of halogens is 3. The van der Waals surface area contributed by atoms with Crippen molar-refractivity contribution < 1.29 is 36.7 Å². The molecule has 37 heavy (non-hydrogen) atoms. The first-order chi connectivity index (χ1) is 17.5. The van der Waals surface area contributed by atoms with E-state index in [0.717, 1.165) is 18.2 Å². The Morgan fingerprint density at radius 2 is 1.84 bits per heavy atom. The van der Waals surface area contributed by atoms with Gasteiger partial charge in [0.2, 0.25) is 0 Å². The van der Waals surface area contributed by atoms with Crippen LogP contribution in [0.5, 0.6) is 0 Å². The number of amides is 1. The molecule has 5 atom stereocenters. The van der Waals surface area contributed by atoms with Crippen molar-refractivity contribution in [3.8, 4) is 0 Å². The molecule has 2 saturated carbocycles. The maximum absolute atomic E-state index is 13.7. The molecule has 1 unspecified atom stereocenters. The molecule has 196 valence electrons. The molecular formula is C25H23ClF2N2O6S. The van der Waals surface area contributed by atoms with E-state index in [1.165, 1.54) is 30.7 Å². The van der Waals surface area contributed by atoms with Crippen LogP contribution in [-0.2, 0) is 9.84 Å². The number of anilines is 1. The number of carbonyl (C=O) groups excluding carboxylic acids is 1. The average molecular weight is 553 g/mol. The first-order valence-corrected chi connectivity index (χ1v) is 13.5. The standard InChI is InChI=1S/C25H23ClF2N2O6S/c26-19-5-1-13(24(32)30-17-4-6-20(27)21(28)10-17)7-22(19)37(34,35)18-8-15-2-3-16(9-18)25(15,33)23(31)14-11-29-36-12-14/h1,4-7,10-12,15-16,18,23,31,33H,2-3,8-9H2,(H,30,32)/t15-,16+,18-,23?,25-. The molecule has 3 N–H and O–H groups in total. The van der Waals surface area contributed by atoms with Crippen molar-refractivity contribution in [1.29, 1.82) is 0 Å². The highest BCUT2D eigenvalue weighted by Crippen LogP contribution is 2.56. The fraction of sp³-hybridized carbons (Fsp3) is 0.360. The summed E-state index contributed by atoms with van der Waals surface area (Å²) in [7, 11) is -4.03. The zero-order chi connectivity index (χ0) is 26.5. The van der Waals surface area contributed by atoms with E-state index in [0.29, 0.717) is 18.4 Å². The smallest absolute Gasteiger partial charge is 0.255 e. The average Bonchev–Trinajstić information content (AvgIpc) is 3.43. The maximum atomic E-state index is 13.7. The number of hydrogen-bond acceptors (Lipinski definition) is 7. The van der Waals surface area contributed by atoms with E-state index in [1.54, 1.807) is 0 Å². The van der Waals surface area contributed by atoms with E-state index < -0.39 is 56.2 Å². The number of carbonyl (C=O) groups is 1. The van der Waals surface area contributed by atoms with Crippen molar-refractivity contribution in [2.45, 2.75) is 47.5 Å². The molecule has 2 aromatic carbocycles. The molecule has 0 saturated heterocycles. The van der Waals surface area contributed by atoms with Crippen molar-refractivity contribution in [2.24, 2.45) is 11.8 Å². The monoisotopic (exact) mass is 552 g/mol. The van der Waals surface area contributed by atoms with Gasteiger partial charge in [-0.3, -0.25) is 4.79 Å². The third-order valence-corrected chi connectivity index (χ3v) is 10.2. The van der Waals surface area contributed by atoms with Crippen LogP contribution in [0, 0.1) is 23.5 Å². The van der Waals surface area contributed by atoms with Crippen LogP contribution < -0.4 is 5.32 Å². The van der Waals surface area contributed by atoms with Gasteiger partial charge in [0, 0.05) is 22.9 Å². The molecule has 0 aliphatic heterocycles. The number of nitrogens with zero attached hydrogens (tertiary/aromatic N) is 1. The van der Waals surface area contributed by atoms with Gasteiger partial charge in [-0.25, -0.2) is 17.2 Å². The Balaban J connectivity index is 1.39. The fourth-order valence-corrected chi connectivity index (χ4v) is 8.08. The van der Waals surface area contributed by atoms with Crippen LogP contribution in [0.3, 0.4) is 0 Å². The predicted molar refractivity (Wildman–Crippen MR) is 129 cm³/mol. The van der Waals surface area contributed by atoms with Gasteiger partial charge in [-0.2, -0.15) is 0 Å². The summed E-state index contributed by atoms with van der Waals surface area (Å²) in [6.45, 7) is 0. The third kappa shape index (κ3) is 4.43. The second-order valence-corrected chi connectivity index (χ2v) is 12.2. The number of rotatable bonds is 6. The second kappa shape index (κ2) is 9.46. The Labute approximate surface area is 216 Å². The molecule has 1 heterocycles. The van der Waals surface area contributed by atoms with Gasteiger partial charge < -0.3 is 20.1 Å². The van der Waals surface area contributed by atoms with Crippen LogP contribution >= 0.6 is 11.6 Å². The van der Waals surface area contributed by atoms with Crippen LogP contribution in [0.4, 0.5) is 14.5 Å². The van der Waals surface area contributed by atoms with Gasteiger partial charge >= 0.3 is 0 Å². The molecule has 0 spiro atoms. The number of nitrogens with one attached hydrogen (secondary N) is 1. The number of fused-ring (bicyclic) bond motifs is 2. The van der Waals surface area contributed by atoms with Gasteiger partial charge in [0.1, 0.15) is 18.0 Å². The molecule has 8 nitrogen and oxygen atoms in total. The van der Waals surface area contributed by atoms with E-state index in [-0.39, 0.29) is 34.0 Å². The van der Waals surface area contributed by atoms with Crippen molar-refractivity contribution in [3.05, 3.63) is 76.6 Å². The van der Waals surface area contributed by atoms with Gasteiger partial charge in [0.15, 0.2) is 21.5 Å². The van der Waals surface area contributed by atoms with Crippen molar-refractivity contribution >= 4 is 33.0 Å². The molecule has 1 amide bonds. The number of aromatic nitrogens is 1. The number of aliphatic hydroxyl groups excluding tert-OH is 1. The SMILES string of the molecule is O=C(Nc1ccc(F)c(F)c1)c1ccc(Cl)c(S(=O)(=O)[C@@H]2C[C@H]3CC[C@@H](C2)[C@@]3(O)C(O)c2cnoc2)c1. The lowest BCUT2D eigenvalue weighted by Gasteiger charge is -2.45. The summed E-state index contributed by atoms with van der Waals surface area (Å²) in [5, 5.41) is 27.4. The fourth-order valence-electron chi connectivity index (χ4n) is 5.68. The van der Waals surface area contributed by atoms with Crippen molar-refractivity contribution in [3.63, 3.8) is 0 Å². The van der Waals surface area contributed by atoms with Crippen LogP contribution in [0.15, 0.2) is 58.3 Å². The first kappa shape index (κ1) is 25.8. The largest absolute Gasteiger partial charge is 0.386 e. The maximum Gasteiger partial charge on any atom is 0.255 e. The highest BCUT2D eigenvalue weighted by atomic mass is 35.5. The summed E-state index contributed by atoms with van der Waals surface area (Å²) in [5.41, 5.74) is -1.24. The zero-order valence-corrected chi connectivity index (χ0v) is 20.8. The zero-order valence-electron chi connectivity index (χ0n) is 19.3. The van der Waals surface area contributed by atoms with Gasteiger partial charge in [0.25, 0.3) is 5.91 Å². The number of benzene rings is 2. The summed E-state index contributed by atoms with van der Waals surface area (Å²) in [4.78, 5) is 12.5. The Bertz CT molecular complexity index is 1440. The lowest BCUT2D eigenvalue weighted by atomic mass is 9.70. The van der Waals surface area contributed by atoms with Crippen LogP contribution in [0.25, 0.3) is 0 Å². The van der Waals surface area contributed by atoms with E-state index in [1.807, 2.05) is 0 Å². The second-order valence-electron chi connectivity index (χ2n) is 9.59. The highest BCUT2D eigenvalue weighted by molar-refractivity contribution is 7.92. The molecule has 2 fully saturated rings. The Morgan fingerprint density at radius 3 is 2.46 bits per heavy atom. The van der Waals surface area contributed by atoms with Crippen molar-refractivity contribution in [1.82, 2.24) is 5.16 Å². The Kier molecular flexibility index (Phi) is 6.59. The lowest BCUT2D eigenvalue weighted by Crippen LogP contribution is -2.52. The quantitative estimate of drug-likeness (QED) is 0.416. The topological polar surface area (TPSA) is 130 Å². The van der Waals surface area contributed by atoms with E-state index in [9.17, 15) is 32.2 Å². The van der Waals surface area contributed by atoms with E-state index >= 15 is 0 Å². The summed E-state index contributed by atoms with van der Waals surface area (Å²) >= 11 is 6.26. The number of sulfone groups is 1. The van der Waals surface area contributed by atoms with Gasteiger partial charge in [0.05, 0.1) is 21.4 Å². The molecule has 0 radical (unpaired) electrons. The lowest BCUT2D eigenvalue weighted by molar-refractivity contribution is -0.144. The number of hydrogen-bond donors (Lipinski definition) is 3. The van der Waals surface area contributed by atoms with Gasteiger partial charge in [-0.15, -0.1) is 0 Å². The van der Waals surface area contributed by atoms with Gasteiger partial charge in [-0.05, 0) is 67.9 Å². The summed E-state index contributed by atoms with van der Waals surface area (Å²) < 4.78 is 58.8.